The number of hydrogen-bond donors (Lipinski definition) is 3. The summed E-state index contributed by atoms with van der Waals surface area (Å²) in [6.45, 7) is 0. The van der Waals surface area contributed by atoms with E-state index >= 15 is 0 Å². The number of methoxy groups -OCH3 is 1. The molecule has 12 heteroatoms. The van der Waals surface area contributed by atoms with E-state index in [9.17, 15) is 32.3 Å². The molecule has 3 N–H and O–H groups in total. The van der Waals surface area contributed by atoms with Crippen molar-refractivity contribution in [2.75, 3.05) is 17.7 Å². The maximum absolute atomic E-state index is 13.8. The lowest BCUT2D eigenvalue weighted by Gasteiger charge is -2.16. The van der Waals surface area contributed by atoms with E-state index in [1.54, 1.807) is 48.5 Å². The maximum Gasteiger partial charge on any atom is 0.419 e. The Balaban J connectivity index is 1.33. The molecule has 0 saturated heterocycles. The van der Waals surface area contributed by atoms with E-state index in [-0.39, 0.29) is 40.3 Å². The van der Waals surface area contributed by atoms with Crippen LogP contribution in [0.4, 0.5) is 28.9 Å². The number of oxime groups is 1. The summed E-state index contributed by atoms with van der Waals surface area (Å²) < 4.78 is 59.0. The average molecular weight is 608 g/mol. The number of fused-ring (bicyclic) bond motifs is 2. The third-order valence-electron chi connectivity index (χ3n) is 7.77. The van der Waals surface area contributed by atoms with Gasteiger partial charge in [0.2, 0.25) is 0 Å². The highest BCUT2D eigenvalue weighted by molar-refractivity contribution is 6.16. The number of benzene rings is 4. The van der Waals surface area contributed by atoms with Gasteiger partial charge >= 0.3 is 6.18 Å². The largest absolute Gasteiger partial charge is 0.496 e. The maximum atomic E-state index is 13.8. The number of ether oxygens (including phenoxy) is 1. The van der Waals surface area contributed by atoms with Crippen LogP contribution in [-0.2, 0) is 11.0 Å². The van der Waals surface area contributed by atoms with Crippen LogP contribution in [0.1, 0.15) is 44.7 Å². The van der Waals surface area contributed by atoms with Gasteiger partial charge in [-0.15, -0.1) is 0 Å². The number of alkyl halides is 3. The van der Waals surface area contributed by atoms with E-state index < -0.39 is 35.5 Å². The molecule has 6 rings (SSSR count). The fourth-order valence-electron chi connectivity index (χ4n) is 5.62. The number of aliphatic hydroxyl groups excluding tert-OH is 1. The van der Waals surface area contributed by atoms with Gasteiger partial charge < -0.3 is 25.3 Å². The summed E-state index contributed by atoms with van der Waals surface area (Å²) in [5, 5.41) is 20.7. The first-order valence-electron chi connectivity index (χ1n) is 13.6. The standard InChI is InChI=1S/C32H25F4N3O5/c1-43-27-9-6-18(29-22-14-20(40)15-28(22)44-39-29)11-23(27)31(42)38-26-12-17-5-3-2-4-16(17)10-21(26)30(41)37-19-7-8-25(33)24(13-19)32(34,35)36/h2-13,20,22,28,40H,14-15H2,1H3,(H,37,41)(H,38,42). The first-order chi connectivity index (χ1) is 21.0. The monoisotopic (exact) mass is 607 g/mol. The third kappa shape index (κ3) is 5.55. The Hall–Kier alpha value is -4.97. The average Bonchev–Trinajstić information content (AvgIpc) is 3.55. The zero-order chi connectivity index (χ0) is 31.2. The van der Waals surface area contributed by atoms with Gasteiger partial charge in [0.15, 0.2) is 0 Å². The lowest BCUT2D eigenvalue weighted by atomic mass is 9.93. The molecule has 2 amide bonds. The van der Waals surface area contributed by atoms with Crippen molar-refractivity contribution in [1.29, 1.82) is 0 Å². The normalized spacial score (nSPS) is 19.2. The van der Waals surface area contributed by atoms with Gasteiger partial charge in [0.1, 0.15) is 17.7 Å². The SMILES string of the molecule is COc1ccc(C2=NOC3CC(O)CC23)cc1C(=O)Nc1cc2ccccc2cc1C(=O)Nc1ccc(F)c(C(F)(F)F)c1. The zero-order valence-corrected chi connectivity index (χ0v) is 23.1. The Morgan fingerprint density at radius 2 is 1.66 bits per heavy atom. The van der Waals surface area contributed by atoms with Crippen LogP contribution >= 0.6 is 0 Å². The Kier molecular flexibility index (Phi) is 7.46. The van der Waals surface area contributed by atoms with E-state index in [4.69, 9.17) is 9.57 Å². The molecule has 1 fully saturated rings. The number of rotatable bonds is 6. The van der Waals surface area contributed by atoms with E-state index in [1.165, 1.54) is 13.2 Å². The minimum absolute atomic E-state index is 0.0404. The first-order valence-corrected chi connectivity index (χ1v) is 13.6. The summed E-state index contributed by atoms with van der Waals surface area (Å²) in [7, 11) is 1.40. The molecular formula is C32H25F4N3O5. The second-order valence-electron chi connectivity index (χ2n) is 10.6. The summed E-state index contributed by atoms with van der Waals surface area (Å²) >= 11 is 0. The molecule has 44 heavy (non-hydrogen) atoms. The number of anilines is 2. The number of nitrogens with one attached hydrogen (secondary N) is 2. The molecule has 1 saturated carbocycles. The van der Waals surface area contributed by atoms with Gasteiger partial charge in [-0.3, -0.25) is 9.59 Å². The predicted octanol–water partition coefficient (Wildman–Crippen LogP) is 6.38. The van der Waals surface area contributed by atoms with Crippen molar-refractivity contribution in [1.82, 2.24) is 0 Å². The van der Waals surface area contributed by atoms with Gasteiger partial charge in [0.25, 0.3) is 11.8 Å². The topological polar surface area (TPSA) is 109 Å². The van der Waals surface area contributed by atoms with Crippen LogP contribution in [0.5, 0.6) is 5.75 Å². The van der Waals surface area contributed by atoms with Crippen molar-refractivity contribution in [3.8, 4) is 5.75 Å². The molecule has 3 atom stereocenters. The van der Waals surface area contributed by atoms with Crippen molar-refractivity contribution in [2.24, 2.45) is 11.1 Å². The zero-order valence-electron chi connectivity index (χ0n) is 23.1. The highest BCUT2D eigenvalue weighted by Crippen LogP contribution is 2.38. The van der Waals surface area contributed by atoms with Gasteiger partial charge in [-0.05, 0) is 65.7 Å². The summed E-state index contributed by atoms with van der Waals surface area (Å²) in [4.78, 5) is 32.6. The number of carbonyl (C=O) groups is 2. The molecule has 3 unspecified atom stereocenters. The first kappa shape index (κ1) is 29.1. The summed E-state index contributed by atoms with van der Waals surface area (Å²) in [5.41, 5.74) is -0.429. The van der Waals surface area contributed by atoms with Crippen molar-refractivity contribution >= 4 is 39.7 Å². The number of nitrogens with zero attached hydrogens (tertiary/aromatic N) is 1. The van der Waals surface area contributed by atoms with E-state index in [0.717, 1.165) is 6.07 Å². The van der Waals surface area contributed by atoms with Crippen molar-refractivity contribution in [3.05, 3.63) is 101 Å². The Labute approximate surface area is 248 Å². The molecule has 0 bridgehead atoms. The smallest absolute Gasteiger partial charge is 0.419 e. The van der Waals surface area contributed by atoms with E-state index in [2.05, 4.69) is 15.8 Å². The molecule has 0 spiro atoms. The molecule has 4 aromatic carbocycles. The molecule has 8 nitrogen and oxygen atoms in total. The van der Waals surface area contributed by atoms with Crippen molar-refractivity contribution in [2.45, 2.75) is 31.2 Å². The number of aliphatic hydroxyl groups is 1. The van der Waals surface area contributed by atoms with E-state index in [0.29, 0.717) is 47.0 Å². The summed E-state index contributed by atoms with van der Waals surface area (Å²) in [5.74, 6) is -2.81. The summed E-state index contributed by atoms with van der Waals surface area (Å²) in [6.07, 6.45) is -4.78. The van der Waals surface area contributed by atoms with Crippen molar-refractivity contribution < 1.29 is 41.8 Å². The molecular weight excluding hydrogens is 582 g/mol. The second kappa shape index (κ2) is 11.3. The molecule has 1 aliphatic carbocycles. The Morgan fingerprint density at radius 3 is 2.39 bits per heavy atom. The number of amides is 2. The van der Waals surface area contributed by atoms with Crippen LogP contribution < -0.4 is 15.4 Å². The number of hydrogen-bond acceptors (Lipinski definition) is 6. The van der Waals surface area contributed by atoms with Crippen LogP contribution in [0.3, 0.4) is 0 Å². The molecule has 0 radical (unpaired) electrons. The molecule has 4 aromatic rings. The Bertz CT molecular complexity index is 1820. The van der Waals surface area contributed by atoms with E-state index in [1.807, 2.05) is 0 Å². The quantitative estimate of drug-likeness (QED) is 0.220. The van der Waals surface area contributed by atoms with Crippen LogP contribution in [0, 0.1) is 11.7 Å². The van der Waals surface area contributed by atoms with Crippen LogP contribution in [0.2, 0.25) is 0 Å². The lowest BCUT2D eigenvalue weighted by Crippen LogP contribution is -2.21. The van der Waals surface area contributed by atoms with Gasteiger partial charge in [-0.25, -0.2) is 4.39 Å². The minimum Gasteiger partial charge on any atom is -0.496 e. The highest BCUT2D eigenvalue weighted by atomic mass is 19.4. The number of halogens is 4. The van der Waals surface area contributed by atoms with Crippen LogP contribution in [0.15, 0.2) is 78.0 Å². The van der Waals surface area contributed by atoms with Crippen LogP contribution in [-0.4, -0.2) is 42.0 Å². The molecule has 0 aromatic heterocycles. The van der Waals surface area contributed by atoms with Gasteiger partial charge in [-0.2, -0.15) is 13.2 Å². The highest BCUT2D eigenvalue weighted by Gasteiger charge is 2.43. The van der Waals surface area contributed by atoms with Gasteiger partial charge in [0.05, 0.1) is 41.3 Å². The van der Waals surface area contributed by atoms with Gasteiger partial charge in [-0.1, -0.05) is 29.4 Å². The molecule has 226 valence electrons. The fourth-order valence-corrected chi connectivity index (χ4v) is 5.62. The summed E-state index contributed by atoms with van der Waals surface area (Å²) in [6, 6.07) is 17.2. The number of carbonyl (C=O) groups excluding carboxylic acids is 2. The minimum atomic E-state index is -4.96. The lowest BCUT2D eigenvalue weighted by molar-refractivity contribution is -0.139. The second-order valence-corrected chi connectivity index (χ2v) is 10.6. The fraction of sp³-hybridized carbons (Fsp3) is 0.219. The molecule has 1 aliphatic heterocycles. The van der Waals surface area contributed by atoms with Crippen LogP contribution in [0.25, 0.3) is 10.8 Å². The predicted molar refractivity (Wildman–Crippen MR) is 154 cm³/mol. The van der Waals surface area contributed by atoms with Gasteiger partial charge in [0, 0.05) is 23.6 Å². The van der Waals surface area contributed by atoms with Crippen molar-refractivity contribution in [3.63, 3.8) is 0 Å². The Morgan fingerprint density at radius 1 is 0.932 bits per heavy atom. The molecule has 2 aliphatic rings. The molecule has 1 heterocycles. The third-order valence-corrected chi connectivity index (χ3v) is 7.77.